The summed E-state index contributed by atoms with van der Waals surface area (Å²) in [6, 6.07) is 4.54. The van der Waals surface area contributed by atoms with Crippen LogP contribution in [-0.4, -0.2) is 4.98 Å². The van der Waals surface area contributed by atoms with Gasteiger partial charge in [-0.15, -0.1) is 0 Å². The van der Waals surface area contributed by atoms with E-state index in [9.17, 15) is 4.39 Å². The van der Waals surface area contributed by atoms with Gasteiger partial charge in [-0.25, -0.2) is 9.24 Å². The fourth-order valence-electron chi connectivity index (χ4n) is 1.38. The van der Waals surface area contributed by atoms with Crippen molar-refractivity contribution >= 4 is 17.0 Å². The topological polar surface area (TPSA) is 20.1 Å². The van der Waals surface area contributed by atoms with Crippen LogP contribution in [0.3, 0.4) is 0 Å². The van der Waals surface area contributed by atoms with Crippen molar-refractivity contribution in [3.8, 4) is 0 Å². The standard InChI is InChI=1S/C11H7FN2/c1-13-5-4-8-7-14-11-6-9(12)2-3-10(8)11/h2-7,14H/b5-4-. The molecule has 0 aliphatic carbocycles. The van der Waals surface area contributed by atoms with Gasteiger partial charge in [0.15, 0.2) is 6.20 Å². The Bertz CT molecular complexity index is 532. The molecular formula is C11H7FN2. The first-order valence-electron chi connectivity index (χ1n) is 4.11. The SMILES string of the molecule is [C-]#[N+]/C=C\c1c[nH]c2cc(F)ccc12. The van der Waals surface area contributed by atoms with E-state index < -0.39 is 0 Å². The minimum absolute atomic E-state index is 0.264. The second kappa shape index (κ2) is 3.35. The molecule has 0 spiro atoms. The normalized spacial score (nSPS) is 10.9. The molecule has 2 nitrogen and oxygen atoms in total. The first-order valence-corrected chi connectivity index (χ1v) is 4.11. The Morgan fingerprint density at radius 1 is 1.43 bits per heavy atom. The van der Waals surface area contributed by atoms with Crippen molar-refractivity contribution in [1.82, 2.24) is 4.98 Å². The van der Waals surface area contributed by atoms with Crippen LogP contribution in [0.2, 0.25) is 0 Å². The van der Waals surface area contributed by atoms with Crippen LogP contribution in [0, 0.1) is 12.4 Å². The van der Waals surface area contributed by atoms with Crippen molar-refractivity contribution < 1.29 is 4.39 Å². The zero-order valence-corrected chi connectivity index (χ0v) is 7.29. The van der Waals surface area contributed by atoms with E-state index in [1.807, 2.05) is 0 Å². The van der Waals surface area contributed by atoms with Crippen molar-refractivity contribution in [2.24, 2.45) is 0 Å². The molecular weight excluding hydrogens is 179 g/mol. The molecule has 1 heterocycles. The van der Waals surface area contributed by atoms with Crippen LogP contribution in [0.25, 0.3) is 21.8 Å². The number of aromatic nitrogens is 1. The van der Waals surface area contributed by atoms with E-state index in [1.54, 1.807) is 18.3 Å². The van der Waals surface area contributed by atoms with Gasteiger partial charge in [0.05, 0.1) is 6.57 Å². The average Bonchev–Trinajstić information content (AvgIpc) is 2.57. The fraction of sp³-hybridized carbons (Fsp3) is 0. The predicted octanol–water partition coefficient (Wildman–Crippen LogP) is 3.20. The highest BCUT2D eigenvalue weighted by molar-refractivity contribution is 5.88. The third kappa shape index (κ3) is 1.38. The van der Waals surface area contributed by atoms with Gasteiger partial charge in [-0.2, -0.15) is 0 Å². The van der Waals surface area contributed by atoms with Crippen LogP contribution >= 0.6 is 0 Å². The van der Waals surface area contributed by atoms with Gasteiger partial charge in [-0.05, 0) is 23.8 Å². The molecule has 1 N–H and O–H groups in total. The summed E-state index contributed by atoms with van der Waals surface area (Å²) in [5, 5.41) is 0.923. The van der Waals surface area contributed by atoms with Crippen molar-refractivity contribution in [2.45, 2.75) is 0 Å². The molecule has 0 aliphatic rings. The summed E-state index contributed by atoms with van der Waals surface area (Å²) >= 11 is 0. The molecule has 1 aromatic carbocycles. The summed E-state index contributed by atoms with van der Waals surface area (Å²) < 4.78 is 12.8. The van der Waals surface area contributed by atoms with Crippen LogP contribution in [0.1, 0.15) is 5.56 Å². The molecule has 14 heavy (non-hydrogen) atoms. The Kier molecular flexibility index (Phi) is 2.04. The summed E-state index contributed by atoms with van der Waals surface area (Å²) in [5.41, 5.74) is 1.64. The molecule has 2 aromatic rings. The lowest BCUT2D eigenvalue weighted by molar-refractivity contribution is 0.629. The van der Waals surface area contributed by atoms with Gasteiger partial charge in [-0.3, -0.25) is 0 Å². The molecule has 0 atom stereocenters. The third-order valence-corrected chi connectivity index (χ3v) is 2.00. The van der Waals surface area contributed by atoms with Crippen molar-refractivity contribution in [3.05, 3.63) is 53.4 Å². The number of rotatable bonds is 1. The zero-order valence-electron chi connectivity index (χ0n) is 7.29. The minimum atomic E-state index is -0.264. The van der Waals surface area contributed by atoms with Gasteiger partial charge >= 0.3 is 0 Å². The summed E-state index contributed by atoms with van der Waals surface area (Å²) in [5.74, 6) is -0.264. The Balaban J connectivity index is 2.59. The number of hydrogen-bond acceptors (Lipinski definition) is 0. The van der Waals surface area contributed by atoms with Gasteiger partial charge in [0.1, 0.15) is 5.82 Å². The number of halogens is 1. The maximum atomic E-state index is 12.8. The molecule has 0 fully saturated rings. The van der Waals surface area contributed by atoms with Crippen LogP contribution < -0.4 is 0 Å². The number of fused-ring (bicyclic) bond motifs is 1. The average molecular weight is 186 g/mol. The largest absolute Gasteiger partial charge is 0.361 e. The van der Waals surface area contributed by atoms with Gasteiger partial charge in [0.25, 0.3) is 0 Å². The van der Waals surface area contributed by atoms with E-state index >= 15 is 0 Å². The summed E-state index contributed by atoms with van der Waals surface area (Å²) in [6.45, 7) is 6.62. The lowest BCUT2D eigenvalue weighted by Crippen LogP contribution is -1.73. The molecule has 0 aliphatic heterocycles. The summed E-state index contributed by atoms with van der Waals surface area (Å²) in [4.78, 5) is 6.06. The minimum Gasteiger partial charge on any atom is -0.361 e. The van der Waals surface area contributed by atoms with Crippen molar-refractivity contribution in [3.63, 3.8) is 0 Å². The Morgan fingerprint density at radius 2 is 2.29 bits per heavy atom. The van der Waals surface area contributed by atoms with Gasteiger partial charge in [-0.1, -0.05) is 6.08 Å². The maximum Gasteiger partial charge on any atom is 0.154 e. The second-order valence-corrected chi connectivity index (χ2v) is 2.88. The summed E-state index contributed by atoms with van der Waals surface area (Å²) in [6.07, 6.45) is 4.83. The first-order chi connectivity index (χ1) is 6.81. The third-order valence-electron chi connectivity index (χ3n) is 2.00. The van der Waals surface area contributed by atoms with Crippen LogP contribution in [0.15, 0.2) is 30.6 Å². The molecule has 0 amide bonds. The highest BCUT2D eigenvalue weighted by atomic mass is 19.1. The number of aromatic amines is 1. The Labute approximate surface area is 80.5 Å². The van der Waals surface area contributed by atoms with E-state index in [0.29, 0.717) is 0 Å². The molecule has 0 radical (unpaired) electrons. The maximum absolute atomic E-state index is 12.8. The first kappa shape index (κ1) is 8.52. The van der Waals surface area contributed by atoms with Gasteiger partial charge < -0.3 is 4.98 Å². The monoisotopic (exact) mass is 186 g/mol. The number of nitrogens with one attached hydrogen (secondary N) is 1. The highest BCUT2D eigenvalue weighted by Crippen LogP contribution is 2.20. The summed E-state index contributed by atoms with van der Waals surface area (Å²) in [7, 11) is 0. The predicted molar refractivity (Wildman–Crippen MR) is 53.9 cm³/mol. The molecule has 1 aromatic heterocycles. The molecule has 0 bridgehead atoms. The van der Waals surface area contributed by atoms with Crippen LogP contribution in [-0.2, 0) is 0 Å². The lowest BCUT2D eigenvalue weighted by Gasteiger charge is -1.91. The fourth-order valence-corrected chi connectivity index (χ4v) is 1.38. The molecule has 3 heteroatoms. The molecule has 0 saturated heterocycles. The van der Waals surface area contributed by atoms with Crippen molar-refractivity contribution in [1.29, 1.82) is 0 Å². The van der Waals surface area contributed by atoms with E-state index in [2.05, 4.69) is 9.83 Å². The quantitative estimate of drug-likeness (QED) is 0.660. The Morgan fingerprint density at radius 3 is 3.07 bits per heavy atom. The van der Waals surface area contributed by atoms with Crippen LogP contribution in [0.4, 0.5) is 4.39 Å². The van der Waals surface area contributed by atoms with Gasteiger partial charge in [0.2, 0.25) is 0 Å². The second-order valence-electron chi connectivity index (χ2n) is 2.88. The number of nitrogens with zero attached hydrogens (tertiary/aromatic N) is 1. The highest BCUT2D eigenvalue weighted by Gasteiger charge is 2.00. The smallest absolute Gasteiger partial charge is 0.154 e. The van der Waals surface area contributed by atoms with E-state index in [0.717, 1.165) is 16.5 Å². The lowest BCUT2D eigenvalue weighted by atomic mass is 10.2. The molecule has 2 rings (SSSR count). The van der Waals surface area contributed by atoms with Crippen LogP contribution in [0.5, 0.6) is 0 Å². The molecule has 0 saturated carbocycles. The number of hydrogen-bond donors (Lipinski definition) is 1. The molecule has 68 valence electrons. The van der Waals surface area contributed by atoms with E-state index in [4.69, 9.17) is 6.57 Å². The van der Waals surface area contributed by atoms with E-state index in [-0.39, 0.29) is 5.82 Å². The molecule has 0 unspecified atom stereocenters. The Hall–Kier alpha value is -2.08. The van der Waals surface area contributed by atoms with E-state index in [1.165, 1.54) is 18.3 Å². The number of benzene rings is 1. The van der Waals surface area contributed by atoms with Crippen molar-refractivity contribution in [2.75, 3.05) is 0 Å². The van der Waals surface area contributed by atoms with Gasteiger partial charge in [0, 0.05) is 17.1 Å². The number of H-pyrrole nitrogens is 1. The zero-order chi connectivity index (χ0) is 9.97.